The molecule has 1 N–H and O–H groups in total. The van der Waals surface area contributed by atoms with Gasteiger partial charge in [-0.15, -0.1) is 0 Å². The lowest BCUT2D eigenvalue weighted by molar-refractivity contribution is 0.261. The van der Waals surface area contributed by atoms with E-state index in [1.54, 1.807) is 12.3 Å². The van der Waals surface area contributed by atoms with Crippen LogP contribution in [-0.4, -0.2) is 21.6 Å². The molecule has 0 bridgehead atoms. The lowest BCUT2D eigenvalue weighted by Crippen LogP contribution is -2.07. The Kier molecular flexibility index (Phi) is 4.66. The van der Waals surface area contributed by atoms with E-state index in [9.17, 15) is 0 Å². The van der Waals surface area contributed by atoms with Gasteiger partial charge in [-0.1, -0.05) is 19.9 Å². The first-order chi connectivity index (χ1) is 9.24. The van der Waals surface area contributed by atoms with E-state index in [1.807, 2.05) is 18.2 Å². The van der Waals surface area contributed by atoms with Crippen LogP contribution in [0, 0.1) is 5.92 Å². The molecule has 5 heteroatoms. The zero-order valence-electron chi connectivity index (χ0n) is 11.2. The van der Waals surface area contributed by atoms with Crippen molar-refractivity contribution in [2.45, 2.75) is 20.4 Å². The van der Waals surface area contributed by atoms with E-state index in [0.29, 0.717) is 24.9 Å². The SMILES string of the molecule is CC(C)COc1cc(NCc2ccccn2)ncn1. The summed E-state index contributed by atoms with van der Waals surface area (Å²) in [6.45, 7) is 5.47. The molecule has 2 heterocycles. The first-order valence-corrected chi connectivity index (χ1v) is 6.32. The number of hydrogen-bond acceptors (Lipinski definition) is 5. The molecule has 0 fully saturated rings. The quantitative estimate of drug-likeness (QED) is 0.862. The lowest BCUT2D eigenvalue weighted by Gasteiger charge is -2.09. The van der Waals surface area contributed by atoms with Gasteiger partial charge in [-0.2, -0.15) is 0 Å². The maximum Gasteiger partial charge on any atom is 0.218 e. The number of anilines is 1. The molecule has 5 nitrogen and oxygen atoms in total. The molecule has 0 aliphatic heterocycles. The maximum atomic E-state index is 5.55. The van der Waals surface area contributed by atoms with Crippen molar-refractivity contribution < 1.29 is 4.74 Å². The smallest absolute Gasteiger partial charge is 0.218 e. The topological polar surface area (TPSA) is 59.9 Å². The predicted octanol–water partition coefficient (Wildman–Crippen LogP) is 2.52. The summed E-state index contributed by atoms with van der Waals surface area (Å²) in [5.74, 6) is 1.80. The number of rotatable bonds is 6. The van der Waals surface area contributed by atoms with Gasteiger partial charge in [0, 0.05) is 12.3 Å². The molecule has 19 heavy (non-hydrogen) atoms. The van der Waals surface area contributed by atoms with Crippen LogP contribution in [0.5, 0.6) is 5.88 Å². The summed E-state index contributed by atoms with van der Waals surface area (Å²) in [5, 5.41) is 3.20. The van der Waals surface area contributed by atoms with Crippen LogP contribution in [0.15, 0.2) is 36.8 Å². The highest BCUT2D eigenvalue weighted by Gasteiger charge is 2.01. The number of hydrogen-bond donors (Lipinski definition) is 1. The van der Waals surface area contributed by atoms with Crippen LogP contribution in [0.2, 0.25) is 0 Å². The van der Waals surface area contributed by atoms with E-state index in [4.69, 9.17) is 4.74 Å². The van der Waals surface area contributed by atoms with Crippen LogP contribution in [-0.2, 0) is 6.54 Å². The van der Waals surface area contributed by atoms with E-state index in [2.05, 4.69) is 34.1 Å². The zero-order chi connectivity index (χ0) is 13.5. The second-order valence-corrected chi connectivity index (χ2v) is 4.62. The van der Waals surface area contributed by atoms with Crippen molar-refractivity contribution in [3.05, 3.63) is 42.5 Å². The maximum absolute atomic E-state index is 5.55. The number of pyridine rings is 1. The van der Waals surface area contributed by atoms with E-state index in [-0.39, 0.29) is 0 Å². The van der Waals surface area contributed by atoms with Gasteiger partial charge in [-0.25, -0.2) is 9.97 Å². The molecule has 0 saturated heterocycles. The molecule has 0 radical (unpaired) electrons. The second kappa shape index (κ2) is 6.68. The van der Waals surface area contributed by atoms with Gasteiger partial charge in [-0.05, 0) is 18.1 Å². The first kappa shape index (κ1) is 13.3. The van der Waals surface area contributed by atoms with Crippen LogP contribution in [0.4, 0.5) is 5.82 Å². The largest absolute Gasteiger partial charge is 0.477 e. The van der Waals surface area contributed by atoms with Crippen LogP contribution >= 0.6 is 0 Å². The minimum absolute atomic E-state index is 0.472. The van der Waals surface area contributed by atoms with Gasteiger partial charge in [0.2, 0.25) is 5.88 Å². The normalized spacial score (nSPS) is 10.5. The van der Waals surface area contributed by atoms with Gasteiger partial charge in [0.05, 0.1) is 18.8 Å². The molecule has 0 aromatic carbocycles. The molecule has 0 unspecified atom stereocenters. The Hall–Kier alpha value is -2.17. The monoisotopic (exact) mass is 258 g/mol. The minimum Gasteiger partial charge on any atom is -0.477 e. The van der Waals surface area contributed by atoms with Crippen molar-refractivity contribution in [3.63, 3.8) is 0 Å². The third-order valence-electron chi connectivity index (χ3n) is 2.38. The average molecular weight is 258 g/mol. The zero-order valence-corrected chi connectivity index (χ0v) is 11.2. The fourth-order valence-electron chi connectivity index (χ4n) is 1.45. The summed E-state index contributed by atoms with van der Waals surface area (Å²) in [6, 6.07) is 7.61. The van der Waals surface area contributed by atoms with Crippen LogP contribution in [0.1, 0.15) is 19.5 Å². The molecule has 0 saturated carbocycles. The predicted molar refractivity (Wildman–Crippen MR) is 73.9 cm³/mol. The third kappa shape index (κ3) is 4.54. The second-order valence-electron chi connectivity index (χ2n) is 4.62. The van der Waals surface area contributed by atoms with Crippen molar-refractivity contribution >= 4 is 5.82 Å². The van der Waals surface area contributed by atoms with Crippen LogP contribution < -0.4 is 10.1 Å². The highest BCUT2D eigenvalue weighted by Crippen LogP contribution is 2.12. The molecule has 0 aliphatic carbocycles. The van der Waals surface area contributed by atoms with Gasteiger partial charge in [0.25, 0.3) is 0 Å². The summed E-state index contributed by atoms with van der Waals surface area (Å²) in [6.07, 6.45) is 3.27. The Morgan fingerprint density at radius 3 is 2.84 bits per heavy atom. The Morgan fingerprint density at radius 2 is 2.11 bits per heavy atom. The van der Waals surface area contributed by atoms with Crippen LogP contribution in [0.3, 0.4) is 0 Å². The van der Waals surface area contributed by atoms with Gasteiger partial charge >= 0.3 is 0 Å². The van der Waals surface area contributed by atoms with Gasteiger partial charge in [0.1, 0.15) is 12.1 Å². The standard InChI is InChI=1S/C14H18N4O/c1-11(2)9-19-14-7-13(17-10-18-14)16-8-12-5-3-4-6-15-12/h3-7,10-11H,8-9H2,1-2H3,(H,16,17,18). The summed E-state index contributed by atoms with van der Waals surface area (Å²) < 4.78 is 5.55. The molecule has 0 amide bonds. The summed E-state index contributed by atoms with van der Waals surface area (Å²) in [5.41, 5.74) is 0.964. The van der Waals surface area contributed by atoms with E-state index in [1.165, 1.54) is 6.33 Å². The number of nitrogens with one attached hydrogen (secondary N) is 1. The number of nitrogens with zero attached hydrogens (tertiary/aromatic N) is 3. The Balaban J connectivity index is 1.91. The van der Waals surface area contributed by atoms with E-state index < -0.39 is 0 Å². The Labute approximate surface area is 113 Å². The Bertz CT molecular complexity index is 502. The molecule has 0 spiro atoms. The molecule has 2 aromatic rings. The van der Waals surface area contributed by atoms with Crippen molar-refractivity contribution in [2.75, 3.05) is 11.9 Å². The fraction of sp³-hybridized carbons (Fsp3) is 0.357. The summed E-state index contributed by atoms with van der Waals surface area (Å²) in [7, 11) is 0. The Morgan fingerprint density at radius 1 is 1.21 bits per heavy atom. The number of ether oxygens (including phenoxy) is 1. The molecule has 2 rings (SSSR count). The minimum atomic E-state index is 0.472. The van der Waals surface area contributed by atoms with E-state index >= 15 is 0 Å². The first-order valence-electron chi connectivity index (χ1n) is 6.32. The van der Waals surface area contributed by atoms with Crippen molar-refractivity contribution in [2.24, 2.45) is 5.92 Å². The lowest BCUT2D eigenvalue weighted by atomic mass is 10.2. The van der Waals surface area contributed by atoms with Crippen molar-refractivity contribution in [1.82, 2.24) is 15.0 Å². The fourth-order valence-corrected chi connectivity index (χ4v) is 1.45. The van der Waals surface area contributed by atoms with Crippen molar-refractivity contribution in [1.29, 1.82) is 0 Å². The van der Waals surface area contributed by atoms with E-state index in [0.717, 1.165) is 11.5 Å². The molecule has 2 aromatic heterocycles. The van der Waals surface area contributed by atoms with Crippen LogP contribution in [0.25, 0.3) is 0 Å². The molecule has 100 valence electrons. The average Bonchev–Trinajstić information content (AvgIpc) is 2.44. The summed E-state index contributed by atoms with van der Waals surface area (Å²) >= 11 is 0. The number of aromatic nitrogens is 3. The molecular formula is C14H18N4O. The van der Waals surface area contributed by atoms with Crippen molar-refractivity contribution in [3.8, 4) is 5.88 Å². The highest BCUT2D eigenvalue weighted by atomic mass is 16.5. The molecule has 0 aliphatic rings. The van der Waals surface area contributed by atoms with Gasteiger partial charge < -0.3 is 10.1 Å². The highest BCUT2D eigenvalue weighted by molar-refractivity contribution is 5.37. The summed E-state index contributed by atoms with van der Waals surface area (Å²) in [4.78, 5) is 12.5. The molecule has 0 atom stereocenters. The van der Waals surface area contributed by atoms with Gasteiger partial charge in [-0.3, -0.25) is 4.98 Å². The third-order valence-corrected chi connectivity index (χ3v) is 2.38. The van der Waals surface area contributed by atoms with Gasteiger partial charge in [0.15, 0.2) is 0 Å². The molecular weight excluding hydrogens is 240 g/mol.